The van der Waals surface area contributed by atoms with Gasteiger partial charge in [0.05, 0.1) is 5.56 Å². The fraction of sp³-hybridized carbons (Fsp3) is 0.211. The second kappa shape index (κ2) is 6.97. The summed E-state index contributed by atoms with van der Waals surface area (Å²) in [6, 6.07) is 8.88. The highest BCUT2D eigenvalue weighted by atomic mass is 35.5. The van der Waals surface area contributed by atoms with Gasteiger partial charge < -0.3 is 13.9 Å². The van der Waals surface area contributed by atoms with Crippen LogP contribution < -0.4 is 15.1 Å². The van der Waals surface area contributed by atoms with Gasteiger partial charge in [0.15, 0.2) is 0 Å². The Kier molecular flexibility index (Phi) is 4.76. The standard InChI is InChI=1S/C19H17ClO4/c1-12(10-22-16-6-4-15(20)5-7-16)14-3-8-17-18(23-11-14)9-13(2)24-19(17)21/h3-7,9H,1,8,10-11H2,2H3. The summed E-state index contributed by atoms with van der Waals surface area (Å²) in [5.41, 5.74) is 1.89. The van der Waals surface area contributed by atoms with Gasteiger partial charge in [-0.05, 0) is 42.3 Å². The topological polar surface area (TPSA) is 48.7 Å². The Hall–Kier alpha value is -2.46. The molecule has 0 atom stereocenters. The number of aryl methyl sites for hydroxylation is 1. The van der Waals surface area contributed by atoms with Gasteiger partial charge in [-0.15, -0.1) is 0 Å². The van der Waals surface area contributed by atoms with Crippen LogP contribution in [0.4, 0.5) is 0 Å². The third kappa shape index (κ3) is 3.71. The molecule has 5 heteroatoms. The van der Waals surface area contributed by atoms with Crippen LogP contribution in [-0.2, 0) is 6.42 Å². The maximum absolute atomic E-state index is 11.9. The second-order valence-electron chi connectivity index (χ2n) is 5.56. The lowest BCUT2D eigenvalue weighted by atomic mass is 10.1. The first-order valence-electron chi connectivity index (χ1n) is 7.55. The highest BCUT2D eigenvalue weighted by Gasteiger charge is 2.16. The summed E-state index contributed by atoms with van der Waals surface area (Å²) in [7, 11) is 0. The smallest absolute Gasteiger partial charge is 0.343 e. The van der Waals surface area contributed by atoms with Crippen LogP contribution in [0.25, 0.3) is 0 Å². The molecule has 0 aliphatic carbocycles. The fourth-order valence-electron chi connectivity index (χ4n) is 2.40. The lowest BCUT2D eigenvalue weighted by molar-refractivity contribution is 0.329. The number of ether oxygens (including phenoxy) is 2. The summed E-state index contributed by atoms with van der Waals surface area (Å²) >= 11 is 5.85. The Morgan fingerprint density at radius 1 is 1.33 bits per heavy atom. The molecule has 2 aromatic rings. The van der Waals surface area contributed by atoms with Crippen LogP contribution in [0.1, 0.15) is 11.3 Å². The molecule has 1 aromatic heterocycles. The number of allylic oxidation sites excluding steroid dienone is 1. The van der Waals surface area contributed by atoms with Crippen LogP contribution in [-0.4, -0.2) is 13.2 Å². The van der Waals surface area contributed by atoms with Crippen LogP contribution >= 0.6 is 11.6 Å². The molecule has 1 aliphatic rings. The van der Waals surface area contributed by atoms with E-state index in [2.05, 4.69) is 6.58 Å². The Morgan fingerprint density at radius 3 is 2.83 bits per heavy atom. The van der Waals surface area contributed by atoms with Crippen molar-refractivity contribution in [3.63, 3.8) is 0 Å². The van der Waals surface area contributed by atoms with Crippen molar-refractivity contribution < 1.29 is 13.9 Å². The molecule has 0 fully saturated rings. The van der Waals surface area contributed by atoms with Crippen LogP contribution in [0, 0.1) is 6.92 Å². The molecular formula is C19H17ClO4. The van der Waals surface area contributed by atoms with Gasteiger partial charge in [0.1, 0.15) is 30.5 Å². The van der Waals surface area contributed by atoms with Crippen molar-refractivity contribution in [1.29, 1.82) is 0 Å². The predicted molar refractivity (Wildman–Crippen MR) is 93.1 cm³/mol. The van der Waals surface area contributed by atoms with E-state index in [1.54, 1.807) is 37.3 Å². The zero-order valence-corrected chi connectivity index (χ0v) is 14.1. The largest absolute Gasteiger partial charge is 0.489 e. The van der Waals surface area contributed by atoms with Crippen molar-refractivity contribution in [1.82, 2.24) is 0 Å². The first-order chi connectivity index (χ1) is 11.5. The van der Waals surface area contributed by atoms with Gasteiger partial charge in [0, 0.05) is 17.5 Å². The van der Waals surface area contributed by atoms with Gasteiger partial charge in [0.25, 0.3) is 0 Å². The van der Waals surface area contributed by atoms with Gasteiger partial charge >= 0.3 is 5.63 Å². The van der Waals surface area contributed by atoms with Crippen LogP contribution in [0.5, 0.6) is 11.5 Å². The SMILES string of the molecule is C=C(COc1ccc(Cl)cc1)C1=CCc2c(cc(C)oc2=O)OC1. The molecule has 0 spiro atoms. The molecular weight excluding hydrogens is 328 g/mol. The number of fused-ring (bicyclic) bond motifs is 1. The van der Waals surface area contributed by atoms with Crippen molar-refractivity contribution >= 4 is 11.6 Å². The van der Waals surface area contributed by atoms with E-state index in [1.807, 2.05) is 6.08 Å². The van der Waals surface area contributed by atoms with Gasteiger partial charge in [-0.3, -0.25) is 0 Å². The summed E-state index contributed by atoms with van der Waals surface area (Å²) in [5, 5.41) is 0.660. The number of benzene rings is 1. The molecule has 0 saturated heterocycles. The molecule has 0 amide bonds. The molecule has 3 rings (SSSR count). The number of hydrogen-bond donors (Lipinski definition) is 0. The van der Waals surface area contributed by atoms with E-state index in [1.165, 1.54) is 0 Å². The molecule has 24 heavy (non-hydrogen) atoms. The van der Waals surface area contributed by atoms with Crippen molar-refractivity contribution in [2.75, 3.05) is 13.2 Å². The third-order valence-electron chi connectivity index (χ3n) is 3.75. The lowest BCUT2D eigenvalue weighted by Gasteiger charge is -2.12. The highest BCUT2D eigenvalue weighted by molar-refractivity contribution is 6.30. The summed E-state index contributed by atoms with van der Waals surface area (Å²) in [5.74, 6) is 1.82. The van der Waals surface area contributed by atoms with E-state index >= 15 is 0 Å². The molecule has 1 aliphatic heterocycles. The molecule has 0 bridgehead atoms. The quantitative estimate of drug-likeness (QED) is 0.838. The zero-order chi connectivity index (χ0) is 17.1. The maximum Gasteiger partial charge on any atom is 0.343 e. The van der Waals surface area contributed by atoms with Gasteiger partial charge in [-0.1, -0.05) is 24.3 Å². The lowest BCUT2D eigenvalue weighted by Crippen LogP contribution is -2.10. The summed E-state index contributed by atoms with van der Waals surface area (Å²) in [6.45, 7) is 6.46. The third-order valence-corrected chi connectivity index (χ3v) is 4.00. The van der Waals surface area contributed by atoms with Crippen LogP contribution in [0.2, 0.25) is 5.02 Å². The molecule has 0 radical (unpaired) electrons. The Balaban J connectivity index is 1.67. The molecule has 1 aromatic carbocycles. The Morgan fingerprint density at radius 2 is 2.08 bits per heavy atom. The number of hydrogen-bond acceptors (Lipinski definition) is 4. The summed E-state index contributed by atoms with van der Waals surface area (Å²) in [4.78, 5) is 11.9. The van der Waals surface area contributed by atoms with E-state index in [-0.39, 0.29) is 5.63 Å². The first kappa shape index (κ1) is 16.4. The van der Waals surface area contributed by atoms with Gasteiger partial charge in [0.2, 0.25) is 0 Å². The number of halogens is 1. The van der Waals surface area contributed by atoms with Crippen molar-refractivity contribution in [2.45, 2.75) is 13.3 Å². The minimum Gasteiger partial charge on any atom is -0.489 e. The Labute approximate surface area is 145 Å². The predicted octanol–water partition coefficient (Wildman–Crippen LogP) is 4.10. The number of rotatable bonds is 4. The Bertz CT molecular complexity index is 847. The minimum absolute atomic E-state index is 0.334. The molecule has 124 valence electrons. The fourth-order valence-corrected chi connectivity index (χ4v) is 2.53. The molecule has 2 heterocycles. The summed E-state index contributed by atoms with van der Waals surface area (Å²) < 4.78 is 16.6. The van der Waals surface area contributed by atoms with Crippen molar-refractivity contribution in [3.8, 4) is 11.5 Å². The average molecular weight is 345 g/mol. The van der Waals surface area contributed by atoms with Crippen molar-refractivity contribution in [2.24, 2.45) is 0 Å². The van der Waals surface area contributed by atoms with E-state index in [9.17, 15) is 4.79 Å². The van der Waals surface area contributed by atoms with E-state index in [0.717, 1.165) is 16.9 Å². The highest BCUT2D eigenvalue weighted by Crippen LogP contribution is 2.24. The maximum atomic E-state index is 11.9. The zero-order valence-electron chi connectivity index (χ0n) is 13.3. The monoisotopic (exact) mass is 344 g/mol. The van der Waals surface area contributed by atoms with Gasteiger partial charge in [-0.25, -0.2) is 4.79 Å². The first-order valence-corrected chi connectivity index (χ1v) is 7.92. The van der Waals surface area contributed by atoms with E-state index < -0.39 is 0 Å². The second-order valence-corrected chi connectivity index (χ2v) is 5.99. The van der Waals surface area contributed by atoms with Crippen LogP contribution in [0.3, 0.4) is 0 Å². The van der Waals surface area contributed by atoms with Gasteiger partial charge in [-0.2, -0.15) is 0 Å². The summed E-state index contributed by atoms with van der Waals surface area (Å²) in [6.07, 6.45) is 2.39. The molecule has 4 nitrogen and oxygen atoms in total. The van der Waals surface area contributed by atoms with Crippen molar-refractivity contribution in [3.05, 3.63) is 80.9 Å². The van der Waals surface area contributed by atoms with E-state index in [0.29, 0.717) is 41.7 Å². The molecule has 0 N–H and O–H groups in total. The minimum atomic E-state index is -0.356. The normalized spacial score (nSPS) is 13.3. The molecule has 0 unspecified atom stereocenters. The molecule has 0 saturated carbocycles. The van der Waals surface area contributed by atoms with Crippen LogP contribution in [0.15, 0.2) is 63.3 Å². The van der Waals surface area contributed by atoms with E-state index in [4.69, 9.17) is 25.5 Å². The average Bonchev–Trinajstić information content (AvgIpc) is 2.77.